The lowest BCUT2D eigenvalue weighted by Crippen LogP contribution is -2.56. The highest BCUT2D eigenvalue weighted by Crippen LogP contribution is 2.50. The van der Waals surface area contributed by atoms with Crippen LogP contribution in [0.3, 0.4) is 0 Å². The molecule has 2 fully saturated rings. The van der Waals surface area contributed by atoms with Crippen molar-refractivity contribution in [2.45, 2.75) is 58.0 Å². The minimum atomic E-state index is -0.175. The van der Waals surface area contributed by atoms with Crippen molar-refractivity contribution in [1.82, 2.24) is 0 Å². The zero-order valence-electron chi connectivity index (χ0n) is 12.0. The molecule has 0 heterocycles. The van der Waals surface area contributed by atoms with E-state index in [1.54, 1.807) is 0 Å². The van der Waals surface area contributed by atoms with Crippen LogP contribution in [0, 0.1) is 12.3 Å². The van der Waals surface area contributed by atoms with Gasteiger partial charge in [-0.1, -0.05) is 47.7 Å². The van der Waals surface area contributed by atoms with E-state index in [9.17, 15) is 4.79 Å². The van der Waals surface area contributed by atoms with Gasteiger partial charge in [0.1, 0.15) is 17.6 Å². The van der Waals surface area contributed by atoms with Crippen molar-refractivity contribution in [3.05, 3.63) is 28.2 Å². The Morgan fingerprint density at radius 3 is 2.55 bits per heavy atom. The lowest BCUT2D eigenvalue weighted by atomic mass is 9.60. The lowest BCUT2D eigenvalue weighted by molar-refractivity contribution is -0.154. The maximum Gasteiger partial charge on any atom is 0.146 e. The number of ether oxygens (including phenoxy) is 1. The van der Waals surface area contributed by atoms with E-state index in [2.05, 4.69) is 28.9 Å². The molecule has 0 N–H and O–H groups in total. The average molecular weight is 337 g/mol. The number of hydrogen-bond acceptors (Lipinski definition) is 2. The fraction of sp³-hybridized carbons (Fsp3) is 0.588. The number of rotatable bonds is 2. The summed E-state index contributed by atoms with van der Waals surface area (Å²) in [5, 5.41) is 0. The molecule has 1 aromatic rings. The number of aryl methyl sites for hydroxylation is 1. The molecule has 1 aromatic carbocycles. The van der Waals surface area contributed by atoms with Crippen LogP contribution in [0.15, 0.2) is 22.7 Å². The van der Waals surface area contributed by atoms with Crippen LogP contribution in [-0.2, 0) is 4.79 Å². The van der Waals surface area contributed by atoms with Gasteiger partial charge >= 0.3 is 0 Å². The van der Waals surface area contributed by atoms with E-state index in [0.717, 1.165) is 28.6 Å². The van der Waals surface area contributed by atoms with E-state index in [1.165, 1.54) is 25.7 Å². The molecule has 3 heteroatoms. The quantitative estimate of drug-likeness (QED) is 0.773. The molecule has 20 heavy (non-hydrogen) atoms. The summed E-state index contributed by atoms with van der Waals surface area (Å²) in [7, 11) is 0. The summed E-state index contributed by atoms with van der Waals surface area (Å²) in [5.41, 5.74) is 0.960. The molecule has 0 aromatic heterocycles. The van der Waals surface area contributed by atoms with Gasteiger partial charge in [0.15, 0.2) is 0 Å². The molecule has 3 rings (SSSR count). The van der Waals surface area contributed by atoms with Crippen molar-refractivity contribution >= 4 is 21.7 Å². The van der Waals surface area contributed by atoms with Gasteiger partial charge in [-0.05, 0) is 37.5 Å². The highest BCUT2D eigenvalue weighted by molar-refractivity contribution is 9.10. The molecule has 108 valence electrons. The Labute approximate surface area is 129 Å². The third-order valence-electron chi connectivity index (χ3n) is 4.96. The molecule has 1 unspecified atom stereocenters. The smallest absolute Gasteiger partial charge is 0.146 e. The first-order chi connectivity index (χ1) is 9.62. The average Bonchev–Trinajstić information content (AvgIpc) is 2.70. The molecule has 0 bridgehead atoms. The second kappa shape index (κ2) is 5.51. The van der Waals surface area contributed by atoms with Gasteiger partial charge in [0.05, 0.1) is 5.41 Å². The lowest BCUT2D eigenvalue weighted by Gasteiger charge is -2.47. The van der Waals surface area contributed by atoms with E-state index in [4.69, 9.17) is 4.74 Å². The second-order valence-corrected chi connectivity index (χ2v) is 7.13. The van der Waals surface area contributed by atoms with Crippen molar-refractivity contribution in [3.63, 3.8) is 0 Å². The summed E-state index contributed by atoms with van der Waals surface area (Å²) < 4.78 is 7.26. The van der Waals surface area contributed by atoms with E-state index in [-0.39, 0.29) is 11.5 Å². The summed E-state index contributed by atoms with van der Waals surface area (Å²) in [6.45, 7) is 2.06. The normalized spacial score (nSPS) is 25.1. The van der Waals surface area contributed by atoms with Gasteiger partial charge in [0.25, 0.3) is 0 Å². The molecule has 2 aliphatic carbocycles. The highest BCUT2D eigenvalue weighted by Gasteiger charge is 2.55. The number of carbonyl (C=O) groups is 1. The van der Waals surface area contributed by atoms with Gasteiger partial charge in [-0.25, -0.2) is 0 Å². The van der Waals surface area contributed by atoms with Gasteiger partial charge in [-0.15, -0.1) is 0 Å². The molecule has 2 aliphatic rings. The molecular weight excluding hydrogens is 316 g/mol. The van der Waals surface area contributed by atoms with E-state index in [1.807, 2.05) is 12.1 Å². The second-order valence-electron chi connectivity index (χ2n) is 6.21. The first-order valence-corrected chi connectivity index (χ1v) is 8.37. The Balaban J connectivity index is 1.80. The zero-order valence-corrected chi connectivity index (χ0v) is 13.5. The van der Waals surface area contributed by atoms with Gasteiger partial charge in [0.2, 0.25) is 0 Å². The van der Waals surface area contributed by atoms with Crippen molar-refractivity contribution < 1.29 is 9.53 Å². The fourth-order valence-electron chi connectivity index (χ4n) is 3.58. The molecule has 1 atom stereocenters. The topological polar surface area (TPSA) is 26.3 Å². The van der Waals surface area contributed by atoms with Crippen LogP contribution in [0.5, 0.6) is 5.75 Å². The number of halogens is 1. The molecule has 0 radical (unpaired) electrons. The van der Waals surface area contributed by atoms with Crippen molar-refractivity contribution in [2.75, 3.05) is 0 Å². The zero-order chi connectivity index (χ0) is 14.2. The predicted molar refractivity (Wildman–Crippen MR) is 83.1 cm³/mol. The molecule has 1 spiro atoms. The first kappa shape index (κ1) is 14.1. The van der Waals surface area contributed by atoms with E-state index < -0.39 is 0 Å². The number of benzene rings is 1. The minimum absolute atomic E-state index is 0.0844. The Kier molecular flexibility index (Phi) is 3.89. The molecule has 0 saturated heterocycles. The predicted octanol–water partition coefficient (Wildman–Crippen LogP) is 4.82. The van der Waals surface area contributed by atoms with Crippen LogP contribution < -0.4 is 4.74 Å². The van der Waals surface area contributed by atoms with Crippen LogP contribution >= 0.6 is 15.9 Å². The van der Waals surface area contributed by atoms with Gasteiger partial charge < -0.3 is 4.74 Å². The summed E-state index contributed by atoms with van der Waals surface area (Å²) in [6.07, 6.45) is 7.57. The third kappa shape index (κ3) is 2.41. The summed E-state index contributed by atoms with van der Waals surface area (Å²) >= 11 is 3.49. The van der Waals surface area contributed by atoms with E-state index >= 15 is 0 Å². The number of ketones is 1. The summed E-state index contributed by atoms with van der Waals surface area (Å²) in [6, 6.07) is 6.09. The van der Waals surface area contributed by atoms with Crippen LogP contribution in [0.4, 0.5) is 0 Å². The number of carbonyl (C=O) groups excluding carboxylic acids is 1. The number of Topliss-reactive ketones (excluding diaryl/α,β-unsaturated/α-hetero) is 1. The maximum atomic E-state index is 12.2. The molecule has 0 amide bonds. The largest absolute Gasteiger partial charge is 0.489 e. The summed E-state index contributed by atoms with van der Waals surface area (Å²) in [4.78, 5) is 12.2. The van der Waals surface area contributed by atoms with Gasteiger partial charge in [-0.3, -0.25) is 4.79 Å². The SMILES string of the molecule is Cc1ccc(Br)cc1OC1CC(=O)C12CCCCCC2. The third-order valence-corrected chi connectivity index (χ3v) is 5.45. The first-order valence-electron chi connectivity index (χ1n) is 7.58. The molecule has 0 aliphatic heterocycles. The number of hydrogen-bond donors (Lipinski definition) is 0. The van der Waals surface area contributed by atoms with Crippen LogP contribution in [0.25, 0.3) is 0 Å². The standard InChI is InChI=1S/C17H21BrO2/c1-12-6-7-13(18)10-14(12)20-16-11-15(19)17(16)8-4-2-3-5-9-17/h6-7,10,16H,2-5,8-9,11H2,1H3. The molecule has 2 nitrogen and oxygen atoms in total. The molecular formula is C17H21BrO2. The van der Waals surface area contributed by atoms with Crippen LogP contribution in [-0.4, -0.2) is 11.9 Å². The van der Waals surface area contributed by atoms with Crippen molar-refractivity contribution in [2.24, 2.45) is 5.41 Å². The highest BCUT2D eigenvalue weighted by atomic mass is 79.9. The van der Waals surface area contributed by atoms with Crippen LogP contribution in [0.2, 0.25) is 0 Å². The Bertz CT molecular complexity index is 516. The minimum Gasteiger partial charge on any atom is -0.489 e. The summed E-state index contributed by atoms with van der Waals surface area (Å²) in [5.74, 6) is 1.34. The maximum absolute atomic E-state index is 12.2. The Morgan fingerprint density at radius 1 is 1.20 bits per heavy atom. The molecule has 2 saturated carbocycles. The van der Waals surface area contributed by atoms with Gasteiger partial charge in [0, 0.05) is 10.9 Å². The fourth-order valence-corrected chi connectivity index (χ4v) is 3.92. The van der Waals surface area contributed by atoms with Crippen LogP contribution in [0.1, 0.15) is 50.5 Å². The monoisotopic (exact) mass is 336 g/mol. The van der Waals surface area contributed by atoms with Crippen molar-refractivity contribution in [1.29, 1.82) is 0 Å². The van der Waals surface area contributed by atoms with Crippen molar-refractivity contribution in [3.8, 4) is 5.75 Å². The van der Waals surface area contributed by atoms with Gasteiger partial charge in [-0.2, -0.15) is 0 Å². The Morgan fingerprint density at radius 2 is 1.90 bits per heavy atom. The van der Waals surface area contributed by atoms with E-state index in [0.29, 0.717) is 12.2 Å². The Hall–Kier alpha value is -0.830.